The van der Waals surface area contributed by atoms with Gasteiger partial charge in [-0.15, -0.1) is 0 Å². The van der Waals surface area contributed by atoms with Gasteiger partial charge < -0.3 is 15.0 Å². The summed E-state index contributed by atoms with van der Waals surface area (Å²) in [5, 5.41) is 2.54. The van der Waals surface area contributed by atoms with Crippen LogP contribution in [-0.2, 0) is 23.8 Å². The Morgan fingerprint density at radius 3 is 2.42 bits per heavy atom. The molecule has 2 aliphatic rings. The highest BCUT2D eigenvalue weighted by Crippen LogP contribution is 2.33. The Morgan fingerprint density at radius 1 is 1.26 bits per heavy atom. The van der Waals surface area contributed by atoms with Crippen LogP contribution in [0.4, 0.5) is 25.0 Å². The van der Waals surface area contributed by atoms with Crippen molar-refractivity contribution in [1.29, 1.82) is 0 Å². The predicted octanol–water partition coefficient (Wildman–Crippen LogP) is 1.62. The summed E-state index contributed by atoms with van der Waals surface area (Å²) < 4.78 is 61.8. The average molecular weight is 461 g/mol. The lowest BCUT2D eigenvalue weighted by Gasteiger charge is -2.33. The third kappa shape index (κ3) is 6.03. The van der Waals surface area contributed by atoms with Crippen LogP contribution in [0, 0.1) is 17.6 Å². The van der Waals surface area contributed by atoms with Gasteiger partial charge in [0.05, 0.1) is 31.6 Å². The Bertz CT molecular complexity index is 927. The number of ether oxygens (including phenoxy) is 1. The highest BCUT2D eigenvalue weighted by molar-refractivity contribution is 7.85. The SMILES string of the molecule is CC(=O)NC[C@H]1CN(c2cc(F)c(N3CCC(COS(C)(=O)=O)CC3)c(F)c2)C(=O)O1. The molecule has 0 aliphatic carbocycles. The molecule has 0 unspecified atom stereocenters. The van der Waals surface area contributed by atoms with Crippen molar-refractivity contribution in [3.63, 3.8) is 0 Å². The van der Waals surface area contributed by atoms with Crippen LogP contribution in [0.1, 0.15) is 19.8 Å². The summed E-state index contributed by atoms with van der Waals surface area (Å²) in [5.74, 6) is -1.91. The van der Waals surface area contributed by atoms with E-state index in [9.17, 15) is 26.8 Å². The third-order valence-corrected chi connectivity index (χ3v) is 5.78. The number of nitrogens with one attached hydrogen (secondary N) is 1. The quantitative estimate of drug-likeness (QED) is 0.615. The lowest BCUT2D eigenvalue weighted by molar-refractivity contribution is -0.119. The number of amides is 2. The number of hydrogen-bond acceptors (Lipinski definition) is 7. The van der Waals surface area contributed by atoms with Gasteiger partial charge in [0, 0.05) is 32.1 Å². The number of halogens is 2. The van der Waals surface area contributed by atoms with E-state index in [1.807, 2.05) is 0 Å². The molecule has 0 saturated carbocycles. The van der Waals surface area contributed by atoms with E-state index in [0.717, 1.165) is 23.3 Å². The second-order valence-electron chi connectivity index (χ2n) is 7.73. The zero-order valence-corrected chi connectivity index (χ0v) is 18.1. The van der Waals surface area contributed by atoms with Gasteiger partial charge in [0.2, 0.25) is 5.91 Å². The van der Waals surface area contributed by atoms with E-state index in [1.54, 1.807) is 4.90 Å². The van der Waals surface area contributed by atoms with Crippen molar-refractivity contribution < 1.29 is 35.7 Å². The van der Waals surface area contributed by atoms with Crippen LogP contribution in [-0.4, -0.2) is 65.6 Å². The maximum absolute atomic E-state index is 14.8. The molecule has 1 aromatic rings. The molecule has 172 valence electrons. The van der Waals surface area contributed by atoms with Gasteiger partial charge >= 0.3 is 6.09 Å². The molecule has 0 bridgehead atoms. The minimum atomic E-state index is -3.53. The van der Waals surface area contributed by atoms with Crippen molar-refractivity contribution in [2.45, 2.75) is 25.9 Å². The topological polar surface area (TPSA) is 105 Å². The normalized spacial score (nSPS) is 20.1. The highest BCUT2D eigenvalue weighted by atomic mass is 32.2. The van der Waals surface area contributed by atoms with Crippen LogP contribution >= 0.6 is 0 Å². The van der Waals surface area contributed by atoms with Crippen molar-refractivity contribution >= 4 is 33.5 Å². The smallest absolute Gasteiger partial charge is 0.414 e. The Hall–Kier alpha value is -2.47. The van der Waals surface area contributed by atoms with Gasteiger partial charge in [0.1, 0.15) is 11.8 Å². The first-order chi connectivity index (χ1) is 14.5. The summed E-state index contributed by atoms with van der Waals surface area (Å²) in [7, 11) is -3.53. The van der Waals surface area contributed by atoms with E-state index >= 15 is 0 Å². The molecular formula is C19H25F2N3O6S. The van der Waals surface area contributed by atoms with E-state index in [4.69, 9.17) is 8.92 Å². The van der Waals surface area contributed by atoms with Crippen molar-refractivity contribution in [3.05, 3.63) is 23.8 Å². The molecule has 3 rings (SSSR count). The number of anilines is 2. The minimum absolute atomic E-state index is 0.0173. The summed E-state index contributed by atoms with van der Waals surface area (Å²) in [6.45, 7) is 2.24. The van der Waals surface area contributed by atoms with Crippen molar-refractivity contribution in [2.24, 2.45) is 5.92 Å². The van der Waals surface area contributed by atoms with Crippen LogP contribution in [0.3, 0.4) is 0 Å². The third-order valence-electron chi connectivity index (χ3n) is 5.21. The van der Waals surface area contributed by atoms with E-state index < -0.39 is 33.9 Å². The van der Waals surface area contributed by atoms with Crippen LogP contribution in [0.25, 0.3) is 0 Å². The largest absolute Gasteiger partial charge is 0.442 e. The summed E-state index contributed by atoms with van der Waals surface area (Å²) in [6, 6.07) is 2.17. The van der Waals surface area contributed by atoms with Gasteiger partial charge in [-0.1, -0.05) is 0 Å². The molecule has 9 nitrogen and oxygen atoms in total. The first-order valence-corrected chi connectivity index (χ1v) is 11.7. The second-order valence-corrected chi connectivity index (χ2v) is 9.37. The van der Waals surface area contributed by atoms with E-state index in [2.05, 4.69) is 5.32 Å². The van der Waals surface area contributed by atoms with Gasteiger partial charge in [-0.2, -0.15) is 8.42 Å². The highest BCUT2D eigenvalue weighted by Gasteiger charge is 2.34. The molecule has 2 fully saturated rings. The monoisotopic (exact) mass is 461 g/mol. The average Bonchev–Trinajstić information content (AvgIpc) is 3.05. The number of carbonyl (C=O) groups is 2. The summed E-state index contributed by atoms with van der Waals surface area (Å²) in [6.07, 6.45) is 0.676. The molecule has 0 radical (unpaired) electrons. The van der Waals surface area contributed by atoms with Gasteiger partial charge in [-0.3, -0.25) is 13.9 Å². The summed E-state index contributed by atoms with van der Waals surface area (Å²) >= 11 is 0. The standard InChI is InChI=1S/C19H25F2N3O6S/c1-12(25)22-9-15-10-24(19(26)30-15)14-7-16(20)18(17(21)8-14)23-5-3-13(4-6-23)11-29-31(2,27)28/h7-8,13,15H,3-6,9-11H2,1-2H3,(H,22,25)/t15-/m0/s1. The van der Waals surface area contributed by atoms with Crippen LogP contribution in [0.2, 0.25) is 0 Å². The van der Waals surface area contributed by atoms with Gasteiger partial charge in [0.25, 0.3) is 10.1 Å². The Labute approximate surface area is 179 Å². The van der Waals surface area contributed by atoms with E-state index in [-0.39, 0.29) is 42.9 Å². The molecule has 12 heteroatoms. The molecule has 31 heavy (non-hydrogen) atoms. The van der Waals surface area contributed by atoms with Gasteiger partial charge in [-0.05, 0) is 18.8 Å². The summed E-state index contributed by atoms with van der Waals surface area (Å²) in [4.78, 5) is 25.8. The summed E-state index contributed by atoms with van der Waals surface area (Å²) in [5.41, 5.74) is -0.154. The molecule has 2 aliphatic heterocycles. The number of nitrogens with zero attached hydrogens (tertiary/aromatic N) is 2. The maximum Gasteiger partial charge on any atom is 0.414 e. The number of carbonyl (C=O) groups excluding carboxylic acids is 2. The van der Waals surface area contributed by atoms with Crippen LogP contribution in [0.15, 0.2) is 12.1 Å². The molecule has 1 N–H and O–H groups in total. The van der Waals surface area contributed by atoms with Crippen molar-refractivity contribution in [1.82, 2.24) is 5.32 Å². The number of benzene rings is 1. The fraction of sp³-hybridized carbons (Fsp3) is 0.579. The predicted molar refractivity (Wildman–Crippen MR) is 108 cm³/mol. The van der Waals surface area contributed by atoms with Gasteiger partial charge in [-0.25, -0.2) is 13.6 Å². The fourth-order valence-corrected chi connectivity index (χ4v) is 4.09. The Kier molecular flexibility index (Phi) is 6.99. The van der Waals surface area contributed by atoms with E-state index in [0.29, 0.717) is 25.9 Å². The molecule has 2 saturated heterocycles. The zero-order chi connectivity index (χ0) is 22.8. The zero-order valence-electron chi connectivity index (χ0n) is 17.3. The first kappa shape index (κ1) is 23.2. The van der Waals surface area contributed by atoms with E-state index in [1.165, 1.54) is 6.92 Å². The number of hydrogen-bond donors (Lipinski definition) is 1. The second kappa shape index (κ2) is 9.35. The molecule has 0 spiro atoms. The number of cyclic esters (lactones) is 1. The number of rotatable bonds is 7. The van der Waals surface area contributed by atoms with Gasteiger partial charge in [0.15, 0.2) is 11.6 Å². The van der Waals surface area contributed by atoms with Crippen molar-refractivity contribution in [2.75, 3.05) is 48.8 Å². The fourth-order valence-electron chi connectivity index (χ4n) is 3.65. The molecule has 2 heterocycles. The first-order valence-electron chi connectivity index (χ1n) is 9.84. The molecule has 1 aromatic carbocycles. The van der Waals surface area contributed by atoms with Crippen LogP contribution < -0.4 is 15.1 Å². The lowest BCUT2D eigenvalue weighted by atomic mass is 9.97. The van der Waals surface area contributed by atoms with Crippen molar-refractivity contribution in [3.8, 4) is 0 Å². The molecule has 0 aromatic heterocycles. The number of piperidine rings is 1. The lowest BCUT2D eigenvalue weighted by Crippen LogP contribution is -2.36. The minimum Gasteiger partial charge on any atom is -0.442 e. The molecular weight excluding hydrogens is 436 g/mol. The Balaban J connectivity index is 1.65. The van der Waals surface area contributed by atoms with Crippen LogP contribution in [0.5, 0.6) is 0 Å². The maximum atomic E-state index is 14.8. The molecule has 2 amide bonds. The Morgan fingerprint density at radius 2 is 1.87 bits per heavy atom. The molecule has 1 atom stereocenters.